The summed E-state index contributed by atoms with van der Waals surface area (Å²) >= 11 is 10.5. The SMILES string of the molecule is CNC(=S)NNc1nnc(Cl)cc1C. The van der Waals surface area contributed by atoms with Crippen molar-refractivity contribution >= 4 is 34.7 Å². The average Bonchev–Trinajstić information content (AvgIpc) is 2.16. The van der Waals surface area contributed by atoms with Gasteiger partial charge in [-0.1, -0.05) is 11.6 Å². The van der Waals surface area contributed by atoms with Gasteiger partial charge in [-0.25, -0.2) is 0 Å². The quantitative estimate of drug-likeness (QED) is 0.519. The van der Waals surface area contributed by atoms with Crippen LogP contribution in [0.15, 0.2) is 6.07 Å². The molecule has 0 saturated heterocycles. The van der Waals surface area contributed by atoms with E-state index in [0.717, 1.165) is 5.56 Å². The van der Waals surface area contributed by atoms with Gasteiger partial charge in [0.15, 0.2) is 16.1 Å². The van der Waals surface area contributed by atoms with Gasteiger partial charge in [0, 0.05) is 7.05 Å². The van der Waals surface area contributed by atoms with Crippen LogP contribution in [-0.4, -0.2) is 22.4 Å². The first kappa shape index (κ1) is 10.9. The van der Waals surface area contributed by atoms with Gasteiger partial charge in [-0.05, 0) is 30.8 Å². The van der Waals surface area contributed by atoms with E-state index in [1.807, 2.05) is 6.92 Å². The van der Waals surface area contributed by atoms with Gasteiger partial charge in [-0.3, -0.25) is 10.9 Å². The van der Waals surface area contributed by atoms with Gasteiger partial charge < -0.3 is 5.32 Å². The van der Waals surface area contributed by atoms with E-state index in [0.29, 0.717) is 16.1 Å². The molecule has 0 atom stereocenters. The zero-order valence-corrected chi connectivity index (χ0v) is 9.33. The third-order valence-electron chi connectivity index (χ3n) is 1.48. The Morgan fingerprint density at radius 3 is 2.79 bits per heavy atom. The normalized spacial score (nSPS) is 9.36. The van der Waals surface area contributed by atoms with E-state index in [1.54, 1.807) is 13.1 Å². The van der Waals surface area contributed by atoms with Crippen molar-refractivity contribution in [3.63, 3.8) is 0 Å². The van der Waals surface area contributed by atoms with Crippen LogP contribution in [0.2, 0.25) is 5.15 Å². The second-order valence-corrected chi connectivity index (χ2v) is 3.32. The lowest BCUT2D eigenvalue weighted by Gasteiger charge is -2.10. The fraction of sp³-hybridized carbons (Fsp3) is 0.286. The smallest absolute Gasteiger partial charge is 0.184 e. The van der Waals surface area contributed by atoms with E-state index in [2.05, 4.69) is 26.4 Å². The summed E-state index contributed by atoms with van der Waals surface area (Å²) < 4.78 is 0. The lowest BCUT2D eigenvalue weighted by atomic mass is 10.3. The van der Waals surface area contributed by atoms with Crippen LogP contribution >= 0.6 is 23.8 Å². The molecule has 5 nitrogen and oxygen atoms in total. The first-order chi connectivity index (χ1) is 6.63. The lowest BCUT2D eigenvalue weighted by molar-refractivity contribution is 0.959. The Morgan fingerprint density at radius 2 is 2.21 bits per heavy atom. The first-order valence-electron chi connectivity index (χ1n) is 3.87. The standard InChI is InChI=1S/C7H10ClN5S/c1-4-3-5(8)10-11-6(4)12-13-7(14)9-2/h3H,1-2H3,(H,11,12)(H2,9,13,14). The van der Waals surface area contributed by atoms with E-state index in [1.165, 1.54) is 0 Å². The number of hydrogen-bond donors (Lipinski definition) is 3. The van der Waals surface area contributed by atoms with Gasteiger partial charge in [0.25, 0.3) is 0 Å². The molecule has 7 heteroatoms. The van der Waals surface area contributed by atoms with Gasteiger partial charge in [0.1, 0.15) is 0 Å². The first-order valence-corrected chi connectivity index (χ1v) is 4.65. The molecule has 0 fully saturated rings. The van der Waals surface area contributed by atoms with E-state index in [9.17, 15) is 0 Å². The fourth-order valence-corrected chi connectivity index (χ4v) is 1.01. The second kappa shape index (κ2) is 4.92. The van der Waals surface area contributed by atoms with Gasteiger partial charge in [-0.2, -0.15) is 0 Å². The van der Waals surface area contributed by atoms with Crippen molar-refractivity contribution in [3.05, 3.63) is 16.8 Å². The van der Waals surface area contributed by atoms with Gasteiger partial charge in [-0.15, -0.1) is 10.2 Å². The molecule has 1 aromatic rings. The monoisotopic (exact) mass is 231 g/mol. The molecular formula is C7H10ClN5S. The molecule has 1 heterocycles. The summed E-state index contributed by atoms with van der Waals surface area (Å²) in [4.78, 5) is 0. The molecule has 0 saturated carbocycles. The van der Waals surface area contributed by atoms with Crippen LogP contribution in [0.5, 0.6) is 0 Å². The second-order valence-electron chi connectivity index (χ2n) is 2.53. The summed E-state index contributed by atoms with van der Waals surface area (Å²) in [6, 6.07) is 1.71. The van der Waals surface area contributed by atoms with Crippen molar-refractivity contribution in [2.45, 2.75) is 6.92 Å². The summed E-state index contributed by atoms with van der Waals surface area (Å²) in [6.07, 6.45) is 0. The van der Waals surface area contributed by atoms with E-state index >= 15 is 0 Å². The van der Waals surface area contributed by atoms with Crippen molar-refractivity contribution in [1.82, 2.24) is 20.9 Å². The Hall–Kier alpha value is -1.14. The third-order valence-corrected chi connectivity index (χ3v) is 1.97. The molecule has 0 unspecified atom stereocenters. The van der Waals surface area contributed by atoms with Crippen molar-refractivity contribution in [2.24, 2.45) is 0 Å². The topological polar surface area (TPSA) is 61.9 Å². The Bertz CT molecular complexity index is 343. The number of nitrogens with zero attached hydrogens (tertiary/aromatic N) is 2. The van der Waals surface area contributed by atoms with Crippen molar-refractivity contribution in [1.29, 1.82) is 0 Å². The highest BCUT2D eigenvalue weighted by Crippen LogP contribution is 2.12. The molecule has 14 heavy (non-hydrogen) atoms. The van der Waals surface area contributed by atoms with Gasteiger partial charge >= 0.3 is 0 Å². The van der Waals surface area contributed by atoms with Gasteiger partial charge in [0.05, 0.1) is 0 Å². The Morgan fingerprint density at radius 1 is 1.50 bits per heavy atom. The molecule has 1 rings (SSSR count). The molecular weight excluding hydrogens is 222 g/mol. The molecule has 0 radical (unpaired) electrons. The van der Waals surface area contributed by atoms with E-state index < -0.39 is 0 Å². The van der Waals surface area contributed by atoms with E-state index in [4.69, 9.17) is 23.8 Å². The molecule has 0 amide bonds. The fourth-order valence-electron chi connectivity index (χ4n) is 0.755. The number of thiocarbonyl (C=S) groups is 1. The van der Waals surface area contributed by atoms with E-state index in [-0.39, 0.29) is 0 Å². The highest BCUT2D eigenvalue weighted by atomic mass is 35.5. The molecule has 0 bridgehead atoms. The zero-order chi connectivity index (χ0) is 10.6. The van der Waals surface area contributed by atoms with Gasteiger partial charge in [0.2, 0.25) is 0 Å². The molecule has 0 aliphatic heterocycles. The lowest BCUT2D eigenvalue weighted by Crippen LogP contribution is -2.37. The highest BCUT2D eigenvalue weighted by molar-refractivity contribution is 7.80. The average molecular weight is 232 g/mol. The molecule has 0 spiro atoms. The molecule has 76 valence electrons. The van der Waals surface area contributed by atoms with Crippen molar-refractivity contribution in [2.75, 3.05) is 12.5 Å². The Balaban J connectivity index is 2.63. The predicted octanol–water partition coefficient (Wildman–Crippen LogP) is 0.859. The minimum absolute atomic E-state index is 0.365. The van der Waals surface area contributed by atoms with Crippen LogP contribution in [0.1, 0.15) is 5.56 Å². The van der Waals surface area contributed by atoms with Crippen molar-refractivity contribution in [3.8, 4) is 0 Å². The number of hydrazine groups is 1. The number of anilines is 1. The van der Waals surface area contributed by atoms with Crippen molar-refractivity contribution < 1.29 is 0 Å². The van der Waals surface area contributed by atoms with Crippen LogP contribution in [0.4, 0.5) is 5.82 Å². The summed E-state index contributed by atoms with van der Waals surface area (Å²) in [5.41, 5.74) is 6.42. The van der Waals surface area contributed by atoms with Crippen LogP contribution < -0.4 is 16.2 Å². The maximum atomic E-state index is 5.65. The summed E-state index contributed by atoms with van der Waals surface area (Å²) in [7, 11) is 1.72. The molecule has 3 N–H and O–H groups in total. The third kappa shape index (κ3) is 2.97. The zero-order valence-electron chi connectivity index (χ0n) is 7.76. The number of aromatic nitrogens is 2. The Kier molecular flexibility index (Phi) is 3.84. The largest absolute Gasteiger partial charge is 0.364 e. The molecule has 0 aliphatic rings. The van der Waals surface area contributed by atoms with Crippen LogP contribution in [0.25, 0.3) is 0 Å². The van der Waals surface area contributed by atoms with Crippen LogP contribution in [0.3, 0.4) is 0 Å². The van der Waals surface area contributed by atoms with Crippen LogP contribution in [-0.2, 0) is 0 Å². The number of hydrogen-bond acceptors (Lipinski definition) is 4. The number of aryl methyl sites for hydroxylation is 1. The minimum atomic E-state index is 0.365. The Labute approximate surface area is 92.2 Å². The maximum absolute atomic E-state index is 5.65. The molecule has 0 aliphatic carbocycles. The molecule has 1 aromatic heterocycles. The summed E-state index contributed by atoms with van der Waals surface area (Å²) in [5, 5.41) is 11.1. The number of halogens is 1. The maximum Gasteiger partial charge on any atom is 0.184 e. The number of nitrogens with one attached hydrogen (secondary N) is 3. The summed E-state index contributed by atoms with van der Waals surface area (Å²) in [5.74, 6) is 0.590. The minimum Gasteiger partial charge on any atom is -0.364 e. The molecule has 0 aromatic carbocycles. The summed E-state index contributed by atoms with van der Waals surface area (Å²) in [6.45, 7) is 1.87. The number of rotatable bonds is 2. The predicted molar refractivity (Wildman–Crippen MR) is 60.2 cm³/mol. The highest BCUT2D eigenvalue weighted by Gasteiger charge is 2.01. The van der Waals surface area contributed by atoms with Crippen LogP contribution in [0, 0.1) is 6.92 Å².